The van der Waals surface area contributed by atoms with Gasteiger partial charge in [0.05, 0.1) is 10.5 Å². The van der Waals surface area contributed by atoms with Crippen molar-refractivity contribution < 1.29 is 9.90 Å². The van der Waals surface area contributed by atoms with Crippen LogP contribution in [0.25, 0.3) is 10.9 Å². The van der Waals surface area contributed by atoms with Crippen molar-refractivity contribution in [3.8, 4) is 0 Å². The van der Waals surface area contributed by atoms with E-state index in [9.17, 15) is 9.90 Å². The molecule has 1 N–H and O–H groups in total. The molecule has 0 bridgehead atoms. The van der Waals surface area contributed by atoms with Gasteiger partial charge < -0.3 is 9.67 Å². The molecule has 0 saturated carbocycles. The Morgan fingerprint density at radius 1 is 1.47 bits per heavy atom. The smallest absolute Gasteiger partial charge is 0.326 e. The molecule has 2 aromatic rings. The predicted molar refractivity (Wildman–Crippen MR) is 66.6 cm³/mol. The van der Waals surface area contributed by atoms with Crippen LogP contribution in [0.5, 0.6) is 0 Å². The third-order valence-electron chi connectivity index (χ3n) is 3.40. The van der Waals surface area contributed by atoms with Gasteiger partial charge in [-0.05, 0) is 31.4 Å². The maximum absolute atomic E-state index is 11.3. The number of aromatic nitrogens is 1. The largest absolute Gasteiger partial charge is 0.480 e. The van der Waals surface area contributed by atoms with Crippen molar-refractivity contribution in [3.05, 3.63) is 35.0 Å². The van der Waals surface area contributed by atoms with Gasteiger partial charge in [-0.15, -0.1) is 0 Å². The number of hydrogen-bond donors (Lipinski definition) is 1. The lowest BCUT2D eigenvalue weighted by Gasteiger charge is -2.23. The molecule has 1 aliphatic rings. The maximum Gasteiger partial charge on any atom is 0.326 e. The Labute approximate surface area is 104 Å². The fourth-order valence-electron chi connectivity index (χ4n) is 2.68. The first kappa shape index (κ1) is 10.7. The monoisotopic (exact) mass is 249 g/mol. The summed E-state index contributed by atoms with van der Waals surface area (Å²) in [5.41, 5.74) is 1.93. The average Bonchev–Trinajstić information content (AvgIpc) is 2.67. The molecule has 2 heterocycles. The van der Waals surface area contributed by atoms with Crippen molar-refractivity contribution in [2.24, 2.45) is 0 Å². The summed E-state index contributed by atoms with van der Waals surface area (Å²) in [5, 5.41) is 10.9. The minimum atomic E-state index is -0.775. The van der Waals surface area contributed by atoms with Gasteiger partial charge in [0, 0.05) is 11.1 Å². The third-order valence-corrected chi connectivity index (χ3v) is 3.70. The number of para-hydroxylation sites is 1. The Morgan fingerprint density at radius 3 is 3.06 bits per heavy atom. The van der Waals surface area contributed by atoms with Gasteiger partial charge in [0.1, 0.15) is 6.04 Å². The van der Waals surface area contributed by atoms with E-state index in [1.54, 1.807) is 0 Å². The molecule has 0 spiro atoms. The molecule has 0 saturated heterocycles. The van der Waals surface area contributed by atoms with Crippen LogP contribution in [0.4, 0.5) is 0 Å². The normalized spacial score (nSPS) is 19.2. The molecule has 1 aromatic carbocycles. The minimum Gasteiger partial charge on any atom is -0.480 e. The molecule has 0 amide bonds. The van der Waals surface area contributed by atoms with Crippen LogP contribution in [0.2, 0.25) is 5.02 Å². The molecule has 1 aromatic heterocycles. The molecule has 0 radical (unpaired) electrons. The minimum absolute atomic E-state index is 0.476. The zero-order valence-electron chi connectivity index (χ0n) is 9.19. The first-order valence-corrected chi connectivity index (χ1v) is 6.07. The number of carboxylic acids is 1. The number of halogens is 1. The van der Waals surface area contributed by atoms with Crippen LogP contribution in [-0.4, -0.2) is 15.6 Å². The summed E-state index contributed by atoms with van der Waals surface area (Å²) in [5.74, 6) is -0.775. The summed E-state index contributed by atoms with van der Waals surface area (Å²) in [4.78, 5) is 11.3. The Hall–Kier alpha value is -1.48. The van der Waals surface area contributed by atoms with Crippen molar-refractivity contribution in [2.45, 2.75) is 25.3 Å². The van der Waals surface area contributed by atoms with Gasteiger partial charge in [-0.1, -0.05) is 23.7 Å². The maximum atomic E-state index is 11.3. The molecule has 88 valence electrons. The number of rotatable bonds is 1. The van der Waals surface area contributed by atoms with Crippen LogP contribution in [-0.2, 0) is 11.2 Å². The molecule has 1 unspecified atom stereocenters. The van der Waals surface area contributed by atoms with E-state index < -0.39 is 12.0 Å². The molecular weight excluding hydrogens is 238 g/mol. The zero-order chi connectivity index (χ0) is 12.0. The Morgan fingerprint density at radius 2 is 2.29 bits per heavy atom. The summed E-state index contributed by atoms with van der Waals surface area (Å²) in [7, 11) is 0. The Balaban J connectivity index is 2.33. The number of benzene rings is 1. The Kier molecular flexibility index (Phi) is 2.37. The van der Waals surface area contributed by atoms with Crippen molar-refractivity contribution in [1.82, 2.24) is 4.57 Å². The lowest BCUT2D eigenvalue weighted by molar-refractivity contribution is -0.141. The molecule has 1 aliphatic heterocycles. The van der Waals surface area contributed by atoms with Gasteiger partial charge in [-0.3, -0.25) is 0 Å². The highest BCUT2D eigenvalue weighted by Gasteiger charge is 2.27. The molecule has 4 heteroatoms. The molecule has 0 aliphatic carbocycles. The van der Waals surface area contributed by atoms with Crippen LogP contribution in [0, 0.1) is 0 Å². The highest BCUT2D eigenvalue weighted by Crippen LogP contribution is 2.35. The van der Waals surface area contributed by atoms with Crippen LogP contribution in [0.3, 0.4) is 0 Å². The molecule has 1 atom stereocenters. The molecule has 3 nitrogen and oxygen atoms in total. The number of carboxylic acid groups (broad SMARTS) is 1. The van der Waals surface area contributed by atoms with Crippen molar-refractivity contribution in [2.75, 3.05) is 0 Å². The predicted octanol–water partition coefficient (Wildman–Crippen LogP) is 3.26. The molecular formula is C13H12ClNO2. The molecule has 0 fully saturated rings. The van der Waals surface area contributed by atoms with Crippen molar-refractivity contribution in [1.29, 1.82) is 0 Å². The Bertz CT molecular complexity index is 603. The number of fused-ring (bicyclic) bond motifs is 3. The van der Waals surface area contributed by atoms with E-state index in [1.807, 2.05) is 22.8 Å². The number of nitrogens with zero attached hydrogens (tertiary/aromatic N) is 1. The highest BCUT2D eigenvalue weighted by atomic mass is 35.5. The van der Waals surface area contributed by atoms with Gasteiger partial charge in [0.25, 0.3) is 0 Å². The van der Waals surface area contributed by atoms with E-state index in [4.69, 9.17) is 11.6 Å². The van der Waals surface area contributed by atoms with Gasteiger partial charge in [0.2, 0.25) is 0 Å². The zero-order valence-corrected chi connectivity index (χ0v) is 9.94. The van der Waals surface area contributed by atoms with Crippen molar-refractivity contribution in [3.63, 3.8) is 0 Å². The van der Waals surface area contributed by atoms with E-state index in [0.717, 1.165) is 29.4 Å². The quantitative estimate of drug-likeness (QED) is 0.843. The van der Waals surface area contributed by atoms with Crippen LogP contribution in [0.15, 0.2) is 24.3 Å². The summed E-state index contributed by atoms with van der Waals surface area (Å²) < 4.78 is 1.89. The average molecular weight is 250 g/mol. The van der Waals surface area contributed by atoms with E-state index in [0.29, 0.717) is 11.4 Å². The standard InChI is InChI=1S/C13H12ClNO2/c14-10-5-1-3-8-7-9-4-2-6-11(13(16)17)15(9)12(8)10/h1,3,5,7,11H,2,4,6H2,(H,16,17). The fourth-order valence-corrected chi connectivity index (χ4v) is 2.96. The van der Waals surface area contributed by atoms with E-state index in [-0.39, 0.29) is 0 Å². The first-order valence-electron chi connectivity index (χ1n) is 5.69. The number of carbonyl (C=O) groups is 1. The second-order valence-corrected chi connectivity index (χ2v) is 4.84. The summed E-state index contributed by atoms with van der Waals surface area (Å²) in [6.07, 6.45) is 2.52. The fraction of sp³-hybridized carbons (Fsp3) is 0.308. The first-order chi connectivity index (χ1) is 8.18. The third kappa shape index (κ3) is 1.53. The second-order valence-electron chi connectivity index (χ2n) is 4.43. The van der Waals surface area contributed by atoms with Gasteiger partial charge in [-0.2, -0.15) is 0 Å². The lowest BCUT2D eigenvalue weighted by Crippen LogP contribution is -2.24. The number of aryl methyl sites for hydroxylation is 1. The molecule has 3 rings (SSSR count). The number of aliphatic carboxylic acids is 1. The van der Waals surface area contributed by atoms with E-state index >= 15 is 0 Å². The molecule has 17 heavy (non-hydrogen) atoms. The topological polar surface area (TPSA) is 42.2 Å². The van der Waals surface area contributed by atoms with E-state index in [1.165, 1.54) is 0 Å². The van der Waals surface area contributed by atoms with Gasteiger partial charge in [-0.25, -0.2) is 4.79 Å². The van der Waals surface area contributed by atoms with Crippen LogP contribution >= 0.6 is 11.6 Å². The summed E-state index contributed by atoms with van der Waals surface area (Å²) in [6.45, 7) is 0. The van der Waals surface area contributed by atoms with Crippen LogP contribution in [0.1, 0.15) is 24.6 Å². The van der Waals surface area contributed by atoms with Gasteiger partial charge in [0.15, 0.2) is 0 Å². The second kappa shape index (κ2) is 3.77. The highest BCUT2D eigenvalue weighted by molar-refractivity contribution is 6.35. The SMILES string of the molecule is O=C(O)C1CCCc2cc3cccc(Cl)c3n21. The van der Waals surface area contributed by atoms with Crippen LogP contribution < -0.4 is 0 Å². The number of hydrogen-bond acceptors (Lipinski definition) is 1. The summed E-state index contributed by atoms with van der Waals surface area (Å²) >= 11 is 6.19. The van der Waals surface area contributed by atoms with E-state index in [2.05, 4.69) is 6.07 Å². The summed E-state index contributed by atoms with van der Waals surface area (Å²) in [6, 6.07) is 7.26. The van der Waals surface area contributed by atoms with Gasteiger partial charge >= 0.3 is 5.97 Å². The van der Waals surface area contributed by atoms with Crippen molar-refractivity contribution >= 4 is 28.5 Å². The lowest BCUT2D eigenvalue weighted by atomic mass is 10.0.